The van der Waals surface area contributed by atoms with Crippen molar-refractivity contribution in [1.29, 1.82) is 0 Å². The summed E-state index contributed by atoms with van der Waals surface area (Å²) in [4.78, 5) is 11.7. The first-order chi connectivity index (χ1) is 10.6. The van der Waals surface area contributed by atoms with Crippen LogP contribution < -0.4 is 5.32 Å². The van der Waals surface area contributed by atoms with Crippen molar-refractivity contribution in [2.75, 3.05) is 6.54 Å². The summed E-state index contributed by atoms with van der Waals surface area (Å²) in [5.41, 5.74) is 4.37. The molecule has 0 aliphatic heterocycles. The van der Waals surface area contributed by atoms with E-state index in [2.05, 4.69) is 29.2 Å². The molecule has 2 rings (SSSR count). The Balaban J connectivity index is 1.77. The molecular weight excluding hydrogens is 274 g/mol. The van der Waals surface area contributed by atoms with E-state index in [1.54, 1.807) is 0 Å². The molecule has 0 spiro atoms. The fourth-order valence-electron chi connectivity index (χ4n) is 2.34. The highest BCUT2D eigenvalue weighted by Crippen LogP contribution is 2.13. The van der Waals surface area contributed by atoms with Gasteiger partial charge >= 0.3 is 0 Å². The van der Waals surface area contributed by atoms with Crippen molar-refractivity contribution in [1.82, 2.24) is 15.1 Å². The summed E-state index contributed by atoms with van der Waals surface area (Å²) in [5, 5.41) is 7.22. The lowest BCUT2D eigenvalue weighted by atomic mass is 10.1. The maximum absolute atomic E-state index is 11.7. The summed E-state index contributed by atoms with van der Waals surface area (Å²) < 4.78 is 1.90. The average Bonchev–Trinajstić information content (AvgIpc) is 2.76. The molecule has 4 nitrogen and oxygen atoms in total. The average molecular weight is 295 g/mol. The molecule has 0 saturated heterocycles. The summed E-state index contributed by atoms with van der Waals surface area (Å²) in [6.07, 6.45) is 1.80. The molecule has 2 aromatic rings. The van der Waals surface area contributed by atoms with Crippen molar-refractivity contribution < 1.29 is 4.79 Å². The lowest BCUT2D eigenvalue weighted by molar-refractivity contribution is -0.115. The number of rotatable bonds is 4. The molecule has 1 aromatic heterocycles. The molecule has 1 aromatic carbocycles. The van der Waals surface area contributed by atoms with E-state index in [4.69, 9.17) is 0 Å². The number of hydrogen-bond acceptors (Lipinski definition) is 2. The first-order valence-electron chi connectivity index (χ1n) is 7.42. The van der Waals surface area contributed by atoms with E-state index in [9.17, 15) is 4.79 Å². The predicted molar refractivity (Wildman–Crippen MR) is 87.3 cm³/mol. The third kappa shape index (κ3) is 4.23. The van der Waals surface area contributed by atoms with Gasteiger partial charge in [-0.25, -0.2) is 0 Å². The van der Waals surface area contributed by atoms with Crippen molar-refractivity contribution in [2.24, 2.45) is 7.05 Å². The number of amides is 1. The third-order valence-electron chi connectivity index (χ3n) is 3.64. The highest BCUT2D eigenvalue weighted by atomic mass is 16.1. The van der Waals surface area contributed by atoms with Crippen LogP contribution in [0.25, 0.3) is 0 Å². The second kappa shape index (κ2) is 7.46. The minimum atomic E-state index is -0.233. The first-order valence-corrected chi connectivity index (χ1v) is 7.42. The minimum absolute atomic E-state index is 0.233. The Morgan fingerprint density at radius 3 is 2.64 bits per heavy atom. The van der Waals surface area contributed by atoms with Gasteiger partial charge < -0.3 is 5.32 Å². The van der Waals surface area contributed by atoms with Crippen molar-refractivity contribution in [3.63, 3.8) is 0 Å². The molecule has 0 aliphatic rings. The Morgan fingerprint density at radius 2 is 2.00 bits per heavy atom. The number of aromatic nitrogens is 2. The second-order valence-electron chi connectivity index (χ2n) is 5.25. The molecule has 22 heavy (non-hydrogen) atoms. The van der Waals surface area contributed by atoms with Crippen LogP contribution in [0.3, 0.4) is 0 Å². The van der Waals surface area contributed by atoms with Crippen LogP contribution in [-0.4, -0.2) is 22.2 Å². The van der Waals surface area contributed by atoms with Gasteiger partial charge in [0.25, 0.3) is 5.91 Å². The Kier molecular flexibility index (Phi) is 5.37. The molecule has 1 amide bonds. The maximum atomic E-state index is 11.7. The molecule has 1 N–H and O–H groups in total. The fourth-order valence-corrected chi connectivity index (χ4v) is 2.34. The summed E-state index contributed by atoms with van der Waals surface area (Å²) in [6, 6.07) is 9.50. The second-order valence-corrected chi connectivity index (χ2v) is 5.25. The maximum Gasteiger partial charge on any atom is 0.296 e. The molecule has 0 fully saturated rings. The predicted octanol–water partition coefficient (Wildman–Crippen LogP) is 2.14. The monoisotopic (exact) mass is 295 g/mol. The molecule has 0 atom stereocenters. The first kappa shape index (κ1) is 15.8. The molecule has 1 heterocycles. The van der Waals surface area contributed by atoms with Crippen LogP contribution >= 0.6 is 0 Å². The lowest BCUT2D eigenvalue weighted by Gasteiger charge is -2.03. The Hall–Kier alpha value is -2.54. The molecule has 4 heteroatoms. The van der Waals surface area contributed by atoms with Crippen molar-refractivity contribution in [2.45, 2.75) is 26.7 Å². The largest absolute Gasteiger partial charge is 0.345 e. The molecule has 0 bridgehead atoms. The summed E-state index contributed by atoms with van der Waals surface area (Å²) in [5.74, 6) is 5.22. The topological polar surface area (TPSA) is 46.9 Å². The van der Waals surface area contributed by atoms with E-state index < -0.39 is 0 Å². The third-order valence-corrected chi connectivity index (χ3v) is 3.64. The van der Waals surface area contributed by atoms with E-state index in [0.717, 1.165) is 24.1 Å². The van der Waals surface area contributed by atoms with Crippen LogP contribution in [0.5, 0.6) is 0 Å². The SMILES string of the molecule is Cc1nn(C)c(C)c1CCCNC(=O)C#Cc1ccccc1. The van der Waals surface area contributed by atoms with Gasteiger partial charge in [-0.1, -0.05) is 24.1 Å². The Labute approximate surface area is 131 Å². The van der Waals surface area contributed by atoms with Gasteiger partial charge in [-0.05, 0) is 44.4 Å². The smallest absolute Gasteiger partial charge is 0.296 e. The van der Waals surface area contributed by atoms with E-state index >= 15 is 0 Å². The van der Waals surface area contributed by atoms with Crippen LogP contribution in [0, 0.1) is 25.7 Å². The van der Waals surface area contributed by atoms with E-state index in [0.29, 0.717) is 6.54 Å². The van der Waals surface area contributed by atoms with Crippen LogP contribution in [0.1, 0.15) is 28.9 Å². The number of benzene rings is 1. The summed E-state index contributed by atoms with van der Waals surface area (Å²) in [6.45, 7) is 4.71. The van der Waals surface area contributed by atoms with Crippen LogP contribution in [0.15, 0.2) is 30.3 Å². The van der Waals surface area contributed by atoms with Crippen LogP contribution in [-0.2, 0) is 18.3 Å². The zero-order valence-electron chi connectivity index (χ0n) is 13.3. The van der Waals surface area contributed by atoms with Crippen LogP contribution in [0.4, 0.5) is 0 Å². The number of carbonyl (C=O) groups is 1. The number of nitrogens with zero attached hydrogens (tertiary/aromatic N) is 2. The fraction of sp³-hybridized carbons (Fsp3) is 0.333. The molecule has 0 saturated carbocycles. The van der Waals surface area contributed by atoms with Gasteiger partial charge in [-0.15, -0.1) is 0 Å². The van der Waals surface area contributed by atoms with Gasteiger partial charge in [-0.2, -0.15) is 5.10 Å². The lowest BCUT2D eigenvalue weighted by Crippen LogP contribution is -2.23. The molecule has 114 valence electrons. The van der Waals surface area contributed by atoms with Gasteiger partial charge in [0.1, 0.15) is 0 Å². The summed E-state index contributed by atoms with van der Waals surface area (Å²) in [7, 11) is 1.95. The number of aryl methyl sites for hydroxylation is 2. The zero-order valence-corrected chi connectivity index (χ0v) is 13.3. The van der Waals surface area contributed by atoms with Gasteiger partial charge in [0.15, 0.2) is 0 Å². The van der Waals surface area contributed by atoms with E-state index in [1.807, 2.05) is 49.0 Å². The Morgan fingerprint density at radius 1 is 1.27 bits per heavy atom. The van der Waals surface area contributed by atoms with E-state index in [1.165, 1.54) is 11.3 Å². The van der Waals surface area contributed by atoms with Gasteiger partial charge in [0, 0.05) is 30.8 Å². The minimum Gasteiger partial charge on any atom is -0.345 e. The molecule has 0 unspecified atom stereocenters. The number of nitrogens with one attached hydrogen (secondary N) is 1. The van der Waals surface area contributed by atoms with Crippen molar-refractivity contribution in [3.8, 4) is 11.8 Å². The standard InChI is InChI=1S/C18H21N3O/c1-14-17(15(2)21(3)20-14)10-7-13-19-18(22)12-11-16-8-5-4-6-9-16/h4-6,8-9H,7,10,13H2,1-3H3,(H,19,22). The molecular formula is C18H21N3O. The molecule has 0 aliphatic carbocycles. The quantitative estimate of drug-likeness (QED) is 0.694. The number of carbonyl (C=O) groups excluding carboxylic acids is 1. The zero-order chi connectivity index (χ0) is 15.9. The number of hydrogen-bond donors (Lipinski definition) is 1. The van der Waals surface area contributed by atoms with Gasteiger partial charge in [-0.3, -0.25) is 9.48 Å². The van der Waals surface area contributed by atoms with Crippen LogP contribution in [0.2, 0.25) is 0 Å². The summed E-state index contributed by atoms with van der Waals surface area (Å²) >= 11 is 0. The van der Waals surface area contributed by atoms with Gasteiger partial charge in [0.2, 0.25) is 0 Å². The van der Waals surface area contributed by atoms with Crippen molar-refractivity contribution >= 4 is 5.91 Å². The van der Waals surface area contributed by atoms with Gasteiger partial charge in [0.05, 0.1) is 5.69 Å². The van der Waals surface area contributed by atoms with E-state index in [-0.39, 0.29) is 5.91 Å². The highest BCUT2D eigenvalue weighted by Gasteiger charge is 2.08. The Bertz CT molecular complexity index is 705. The molecule has 0 radical (unpaired) electrons. The normalized spacial score (nSPS) is 9.95. The highest BCUT2D eigenvalue weighted by molar-refractivity contribution is 5.94. The van der Waals surface area contributed by atoms with Crippen molar-refractivity contribution in [3.05, 3.63) is 52.8 Å².